The second-order valence-corrected chi connectivity index (χ2v) is 15.9. The molecule has 4 heterocycles. The number of anilines is 1. The van der Waals surface area contributed by atoms with Crippen LogP contribution in [0.2, 0.25) is 0 Å². The summed E-state index contributed by atoms with van der Waals surface area (Å²) in [6, 6.07) is 4.06. The highest BCUT2D eigenvalue weighted by molar-refractivity contribution is 7.87. The van der Waals surface area contributed by atoms with Crippen LogP contribution in [-0.2, 0) is 10.2 Å². The molecule has 1 amide bonds. The molecule has 4 fully saturated rings. The Morgan fingerprint density at radius 2 is 1.79 bits per heavy atom. The highest BCUT2D eigenvalue weighted by Crippen LogP contribution is 2.45. The summed E-state index contributed by atoms with van der Waals surface area (Å²) >= 11 is 0. The molecule has 0 atom stereocenters. The monoisotopic (exact) mass is 671 g/mol. The van der Waals surface area contributed by atoms with E-state index in [0.29, 0.717) is 37.1 Å². The van der Waals surface area contributed by atoms with Gasteiger partial charge in [0.05, 0.1) is 11.8 Å². The molecule has 1 N–H and O–H groups in total. The number of benzene rings is 1. The van der Waals surface area contributed by atoms with E-state index < -0.39 is 16.0 Å². The molecule has 1 aliphatic carbocycles. The summed E-state index contributed by atoms with van der Waals surface area (Å²) in [4.78, 5) is 28.6. The van der Waals surface area contributed by atoms with Crippen LogP contribution >= 0.6 is 0 Å². The standard InChI is InChI=1S/C34H50FN7O4S/c1-4-42(25(2)3)33(43)29-19-27(35)9-12-30(29)46-31-20-36-24-37-32(31)40-22-34(23-40)13-17-39(18-14-34)21-26-7-10-28(11-8-26)38-47(44,45)41-15-5-6-16-41/h9,12,19-20,24-26,28,38H,4-8,10-11,13-18,21-23H2,1-3H3. The molecular formula is C34H50FN7O4S. The van der Waals surface area contributed by atoms with E-state index >= 15 is 0 Å². The lowest BCUT2D eigenvalue weighted by molar-refractivity contribution is 0.0617. The van der Waals surface area contributed by atoms with Crippen molar-refractivity contribution in [3.63, 3.8) is 0 Å². The number of carbonyl (C=O) groups is 1. The largest absolute Gasteiger partial charge is 0.451 e. The molecule has 13 heteroatoms. The maximum atomic E-state index is 14.3. The lowest BCUT2D eigenvalue weighted by atomic mass is 9.71. The minimum Gasteiger partial charge on any atom is -0.451 e. The van der Waals surface area contributed by atoms with Crippen molar-refractivity contribution >= 4 is 21.9 Å². The fraction of sp³-hybridized carbons (Fsp3) is 0.676. The number of hydrogen-bond acceptors (Lipinski definition) is 8. The third-order valence-electron chi connectivity index (χ3n) is 10.6. The van der Waals surface area contributed by atoms with Gasteiger partial charge in [0.1, 0.15) is 17.9 Å². The SMILES string of the molecule is CCN(C(=O)c1cc(F)ccc1Oc1cncnc1N1CC2(CCN(CC3CCC(NS(=O)(=O)N4CCCC4)CC3)CC2)C1)C(C)C. The number of amides is 1. The molecule has 1 saturated carbocycles. The van der Waals surface area contributed by atoms with Gasteiger partial charge in [0.25, 0.3) is 16.1 Å². The maximum Gasteiger partial charge on any atom is 0.279 e. The number of likely N-dealkylation sites (tertiary alicyclic amines) is 1. The van der Waals surface area contributed by atoms with Crippen LogP contribution in [0.1, 0.15) is 82.5 Å². The second kappa shape index (κ2) is 14.3. The summed E-state index contributed by atoms with van der Waals surface area (Å²) in [6.45, 7) is 12.5. The van der Waals surface area contributed by atoms with Crippen LogP contribution in [0, 0.1) is 17.2 Å². The lowest BCUT2D eigenvalue weighted by Gasteiger charge is -2.54. The van der Waals surface area contributed by atoms with Crippen LogP contribution < -0.4 is 14.4 Å². The Hall–Kier alpha value is -2.87. The summed E-state index contributed by atoms with van der Waals surface area (Å²) in [5, 5.41) is 0. The van der Waals surface area contributed by atoms with Crippen molar-refractivity contribution < 1.29 is 22.3 Å². The predicted octanol–water partition coefficient (Wildman–Crippen LogP) is 4.67. The maximum absolute atomic E-state index is 14.3. The number of rotatable bonds is 11. The minimum absolute atomic E-state index is 0.0362. The highest BCUT2D eigenvalue weighted by atomic mass is 32.2. The van der Waals surface area contributed by atoms with Gasteiger partial charge in [-0.3, -0.25) is 4.79 Å². The van der Waals surface area contributed by atoms with Gasteiger partial charge in [-0.1, -0.05) is 0 Å². The second-order valence-electron chi connectivity index (χ2n) is 14.2. The normalized spacial score (nSPS) is 23.6. The van der Waals surface area contributed by atoms with E-state index in [-0.39, 0.29) is 34.7 Å². The van der Waals surface area contributed by atoms with E-state index in [1.807, 2.05) is 20.8 Å². The van der Waals surface area contributed by atoms with Crippen molar-refractivity contribution in [3.05, 3.63) is 42.1 Å². The van der Waals surface area contributed by atoms with Crippen LogP contribution in [0.25, 0.3) is 0 Å². The fourth-order valence-corrected chi connectivity index (χ4v) is 9.42. The topological polar surface area (TPSA) is 111 Å². The van der Waals surface area contributed by atoms with E-state index in [9.17, 15) is 17.6 Å². The van der Waals surface area contributed by atoms with Crippen LogP contribution in [0.15, 0.2) is 30.7 Å². The smallest absolute Gasteiger partial charge is 0.279 e. The van der Waals surface area contributed by atoms with Gasteiger partial charge in [-0.2, -0.15) is 17.4 Å². The minimum atomic E-state index is -3.35. The van der Waals surface area contributed by atoms with Crippen molar-refractivity contribution in [1.82, 2.24) is 28.8 Å². The summed E-state index contributed by atoms with van der Waals surface area (Å²) in [5.74, 6) is 1.27. The Kier molecular flexibility index (Phi) is 10.4. The molecular weight excluding hydrogens is 621 g/mol. The zero-order valence-corrected chi connectivity index (χ0v) is 28.9. The number of aromatic nitrogens is 2. The molecule has 258 valence electrons. The fourth-order valence-electron chi connectivity index (χ4n) is 7.88. The Balaban J connectivity index is 1.00. The van der Waals surface area contributed by atoms with Gasteiger partial charge in [0, 0.05) is 56.8 Å². The van der Waals surface area contributed by atoms with Crippen molar-refractivity contribution in [1.29, 1.82) is 0 Å². The third-order valence-corrected chi connectivity index (χ3v) is 12.3. The highest BCUT2D eigenvalue weighted by Gasteiger charge is 2.46. The van der Waals surface area contributed by atoms with Gasteiger partial charge in [0.2, 0.25) is 0 Å². The third kappa shape index (κ3) is 7.73. The van der Waals surface area contributed by atoms with E-state index in [1.165, 1.54) is 24.5 Å². The molecule has 2 aromatic rings. The number of nitrogens with zero attached hydrogens (tertiary/aromatic N) is 6. The molecule has 11 nitrogen and oxygen atoms in total. The molecule has 6 rings (SSSR count). The van der Waals surface area contributed by atoms with Gasteiger partial charge in [0.15, 0.2) is 11.6 Å². The zero-order valence-electron chi connectivity index (χ0n) is 28.0. The molecule has 0 bridgehead atoms. The van der Waals surface area contributed by atoms with Crippen LogP contribution in [0.5, 0.6) is 11.5 Å². The Morgan fingerprint density at radius 1 is 1.09 bits per heavy atom. The molecule has 0 unspecified atom stereocenters. The quantitative estimate of drug-likeness (QED) is 0.367. The first-order valence-electron chi connectivity index (χ1n) is 17.4. The first kappa shape index (κ1) is 34.0. The van der Waals surface area contributed by atoms with Crippen LogP contribution in [-0.4, -0.2) is 103 Å². The van der Waals surface area contributed by atoms with E-state index in [0.717, 1.165) is 84.1 Å². The van der Waals surface area contributed by atoms with Crippen LogP contribution in [0.4, 0.5) is 10.2 Å². The first-order chi connectivity index (χ1) is 22.6. The summed E-state index contributed by atoms with van der Waals surface area (Å²) in [5.41, 5.74) is 0.416. The molecule has 47 heavy (non-hydrogen) atoms. The van der Waals surface area contributed by atoms with Gasteiger partial charge in [-0.25, -0.2) is 14.4 Å². The molecule has 1 aromatic heterocycles. The molecule has 4 aliphatic rings. The number of hydrogen-bond donors (Lipinski definition) is 1. The Labute approximate surface area is 279 Å². The number of carbonyl (C=O) groups excluding carboxylic acids is 1. The Bertz CT molecular complexity index is 1500. The number of ether oxygens (including phenoxy) is 1. The zero-order chi connectivity index (χ0) is 33.2. The number of piperidine rings is 1. The van der Waals surface area contributed by atoms with Gasteiger partial charge < -0.3 is 19.4 Å². The van der Waals surface area contributed by atoms with Crippen molar-refractivity contribution in [3.8, 4) is 11.5 Å². The molecule has 1 aromatic carbocycles. The molecule has 3 aliphatic heterocycles. The molecule has 1 spiro atoms. The van der Waals surface area contributed by atoms with Gasteiger partial charge in [-0.05, 0) is 109 Å². The average Bonchev–Trinajstić information content (AvgIpc) is 3.59. The Morgan fingerprint density at radius 3 is 2.45 bits per heavy atom. The first-order valence-corrected chi connectivity index (χ1v) is 18.8. The molecule has 3 saturated heterocycles. The van der Waals surface area contributed by atoms with E-state index in [2.05, 4.69) is 24.5 Å². The van der Waals surface area contributed by atoms with E-state index in [1.54, 1.807) is 15.4 Å². The van der Waals surface area contributed by atoms with Crippen molar-refractivity contribution in [2.24, 2.45) is 11.3 Å². The lowest BCUT2D eigenvalue weighted by Crippen LogP contribution is -2.61. The number of halogens is 1. The van der Waals surface area contributed by atoms with Crippen LogP contribution in [0.3, 0.4) is 0 Å². The van der Waals surface area contributed by atoms with Gasteiger partial charge >= 0.3 is 0 Å². The molecule has 0 radical (unpaired) electrons. The average molecular weight is 672 g/mol. The summed E-state index contributed by atoms with van der Waals surface area (Å²) < 4.78 is 50.5. The predicted molar refractivity (Wildman–Crippen MR) is 179 cm³/mol. The van der Waals surface area contributed by atoms with E-state index in [4.69, 9.17) is 4.74 Å². The van der Waals surface area contributed by atoms with Crippen molar-refractivity contribution in [2.45, 2.75) is 84.2 Å². The summed E-state index contributed by atoms with van der Waals surface area (Å²) in [6.07, 6.45) is 11.2. The number of nitrogens with one attached hydrogen (secondary N) is 1. The van der Waals surface area contributed by atoms with Gasteiger partial charge in [-0.15, -0.1) is 0 Å². The summed E-state index contributed by atoms with van der Waals surface area (Å²) in [7, 11) is -3.35. The van der Waals surface area contributed by atoms with Crippen molar-refractivity contribution in [2.75, 3.05) is 57.3 Å².